The average molecular weight is 275 g/mol. The van der Waals surface area contributed by atoms with Crippen LogP contribution in [0.5, 0.6) is 0 Å². The van der Waals surface area contributed by atoms with Crippen molar-refractivity contribution in [3.05, 3.63) is 29.6 Å². The quantitative estimate of drug-likeness (QED) is 0.857. The zero-order valence-electron chi connectivity index (χ0n) is 10.7. The van der Waals surface area contributed by atoms with Crippen molar-refractivity contribution >= 4 is 10.0 Å². The molecule has 0 saturated heterocycles. The maximum Gasteiger partial charge on any atom is 0.241 e. The molecule has 0 amide bonds. The highest BCUT2D eigenvalue weighted by Crippen LogP contribution is 2.17. The van der Waals surface area contributed by atoms with Crippen LogP contribution in [0.25, 0.3) is 0 Å². The third-order valence-electron chi connectivity index (χ3n) is 2.84. The zero-order chi connectivity index (χ0) is 14.0. The van der Waals surface area contributed by atoms with E-state index in [0.717, 1.165) is 6.07 Å². The molecule has 102 valence electrons. The Morgan fingerprint density at radius 3 is 2.61 bits per heavy atom. The van der Waals surface area contributed by atoms with Gasteiger partial charge in [-0.15, -0.1) is 0 Å². The molecule has 0 fully saturated rings. The number of nitrogens with one attached hydrogen (secondary N) is 1. The van der Waals surface area contributed by atoms with E-state index in [1.54, 1.807) is 13.8 Å². The van der Waals surface area contributed by atoms with Gasteiger partial charge in [-0.2, -0.15) is 0 Å². The van der Waals surface area contributed by atoms with Crippen molar-refractivity contribution in [3.8, 4) is 0 Å². The summed E-state index contributed by atoms with van der Waals surface area (Å²) in [5, 5.41) is 9.76. The van der Waals surface area contributed by atoms with Gasteiger partial charge in [0.15, 0.2) is 0 Å². The van der Waals surface area contributed by atoms with Crippen LogP contribution >= 0.6 is 0 Å². The van der Waals surface area contributed by atoms with Crippen LogP contribution in [0.2, 0.25) is 0 Å². The number of hydrogen-bond acceptors (Lipinski definition) is 3. The topological polar surface area (TPSA) is 66.4 Å². The molecule has 1 atom stereocenters. The molecule has 1 rings (SSSR count). The molecular weight excluding hydrogens is 257 g/mol. The van der Waals surface area contributed by atoms with Crippen molar-refractivity contribution in [2.45, 2.75) is 37.7 Å². The molecule has 1 unspecified atom stereocenters. The Balaban J connectivity index is 2.97. The van der Waals surface area contributed by atoms with E-state index in [1.807, 2.05) is 0 Å². The van der Waals surface area contributed by atoms with Crippen molar-refractivity contribution in [1.29, 1.82) is 0 Å². The van der Waals surface area contributed by atoms with E-state index in [2.05, 4.69) is 4.72 Å². The number of sulfonamides is 1. The van der Waals surface area contributed by atoms with Gasteiger partial charge in [-0.25, -0.2) is 17.5 Å². The van der Waals surface area contributed by atoms with Crippen molar-refractivity contribution in [3.63, 3.8) is 0 Å². The fraction of sp³-hybridized carbons (Fsp3) is 0.500. The number of rotatable bonds is 5. The summed E-state index contributed by atoms with van der Waals surface area (Å²) in [5.74, 6) is -0.608. The first-order valence-corrected chi connectivity index (χ1v) is 7.14. The second-order valence-electron chi connectivity index (χ2n) is 4.58. The summed E-state index contributed by atoms with van der Waals surface area (Å²) in [4.78, 5) is -0.102. The van der Waals surface area contributed by atoms with Crippen LogP contribution in [0.3, 0.4) is 0 Å². The van der Waals surface area contributed by atoms with Crippen LogP contribution in [-0.4, -0.2) is 25.7 Å². The molecule has 0 heterocycles. The Kier molecular flexibility index (Phi) is 4.47. The molecule has 0 aromatic heterocycles. The van der Waals surface area contributed by atoms with Crippen LogP contribution in [0.1, 0.15) is 25.8 Å². The van der Waals surface area contributed by atoms with Gasteiger partial charge in [0.05, 0.1) is 10.5 Å². The molecule has 1 aromatic rings. The molecule has 1 aromatic carbocycles. The first-order valence-electron chi connectivity index (χ1n) is 5.66. The lowest BCUT2D eigenvalue weighted by atomic mass is 10.1. The molecule has 0 radical (unpaired) electrons. The van der Waals surface area contributed by atoms with E-state index in [4.69, 9.17) is 0 Å². The summed E-state index contributed by atoms with van der Waals surface area (Å²) in [7, 11) is -3.81. The highest BCUT2D eigenvalue weighted by molar-refractivity contribution is 7.89. The largest absolute Gasteiger partial charge is 0.389 e. The number of aliphatic hydroxyl groups is 1. The average Bonchev–Trinajstić information content (AvgIpc) is 2.30. The standard InChI is InChI=1S/C12H18FNO3S/c1-4-12(3,15)8-14-18(16,17)11-7-10(13)6-5-9(11)2/h5-7,14-15H,4,8H2,1-3H3. The van der Waals surface area contributed by atoms with Gasteiger partial charge in [0, 0.05) is 6.54 Å². The molecule has 0 bridgehead atoms. The smallest absolute Gasteiger partial charge is 0.241 e. The van der Waals surface area contributed by atoms with Crippen LogP contribution in [0.4, 0.5) is 4.39 Å². The minimum atomic E-state index is -3.81. The maximum absolute atomic E-state index is 13.1. The van der Waals surface area contributed by atoms with Crippen molar-refractivity contribution < 1.29 is 17.9 Å². The minimum absolute atomic E-state index is 0.102. The summed E-state index contributed by atoms with van der Waals surface area (Å²) >= 11 is 0. The van der Waals surface area contributed by atoms with Crippen LogP contribution < -0.4 is 4.72 Å². The monoisotopic (exact) mass is 275 g/mol. The highest BCUT2D eigenvalue weighted by Gasteiger charge is 2.23. The Bertz CT molecular complexity index is 526. The van der Waals surface area contributed by atoms with Crippen LogP contribution in [0.15, 0.2) is 23.1 Å². The van der Waals surface area contributed by atoms with Gasteiger partial charge >= 0.3 is 0 Å². The number of halogens is 1. The van der Waals surface area contributed by atoms with Gasteiger partial charge in [0.1, 0.15) is 5.82 Å². The van der Waals surface area contributed by atoms with Gasteiger partial charge in [0.25, 0.3) is 0 Å². The summed E-state index contributed by atoms with van der Waals surface area (Å²) in [6.45, 7) is 4.77. The fourth-order valence-corrected chi connectivity index (χ4v) is 2.73. The molecule has 18 heavy (non-hydrogen) atoms. The Morgan fingerprint density at radius 2 is 2.06 bits per heavy atom. The Labute approximate surface area is 107 Å². The predicted octanol–water partition coefficient (Wildman–Crippen LogP) is 1.57. The minimum Gasteiger partial charge on any atom is -0.389 e. The first kappa shape index (κ1) is 15.1. The van der Waals surface area contributed by atoms with Gasteiger partial charge in [-0.1, -0.05) is 13.0 Å². The van der Waals surface area contributed by atoms with Crippen molar-refractivity contribution in [2.75, 3.05) is 6.54 Å². The fourth-order valence-electron chi connectivity index (χ4n) is 1.32. The number of aryl methyl sites for hydroxylation is 1. The second kappa shape index (κ2) is 5.34. The summed E-state index contributed by atoms with van der Waals surface area (Å²) < 4.78 is 39.3. The van der Waals surface area contributed by atoms with E-state index in [9.17, 15) is 17.9 Å². The summed E-state index contributed by atoms with van der Waals surface area (Å²) in [6, 6.07) is 3.58. The lowest BCUT2D eigenvalue weighted by Crippen LogP contribution is -2.40. The molecule has 6 heteroatoms. The van der Waals surface area contributed by atoms with Gasteiger partial charge < -0.3 is 5.11 Å². The summed E-state index contributed by atoms with van der Waals surface area (Å²) in [6.07, 6.45) is 0.414. The van der Waals surface area contributed by atoms with Gasteiger partial charge in [-0.3, -0.25) is 0 Å². The first-order chi connectivity index (χ1) is 8.18. The van der Waals surface area contributed by atoms with E-state index < -0.39 is 21.4 Å². The molecule has 2 N–H and O–H groups in total. The van der Waals surface area contributed by atoms with Crippen LogP contribution in [0, 0.1) is 12.7 Å². The molecular formula is C12H18FNO3S. The zero-order valence-corrected chi connectivity index (χ0v) is 11.5. The second-order valence-corrected chi connectivity index (χ2v) is 6.32. The lowest BCUT2D eigenvalue weighted by molar-refractivity contribution is 0.0613. The summed E-state index contributed by atoms with van der Waals surface area (Å²) in [5.41, 5.74) is -0.658. The van der Waals surface area contributed by atoms with Crippen molar-refractivity contribution in [1.82, 2.24) is 4.72 Å². The Morgan fingerprint density at radius 1 is 1.44 bits per heavy atom. The normalized spacial score (nSPS) is 15.4. The van der Waals surface area contributed by atoms with E-state index in [0.29, 0.717) is 12.0 Å². The molecule has 0 aliphatic rings. The SMILES string of the molecule is CCC(C)(O)CNS(=O)(=O)c1cc(F)ccc1C. The van der Waals surface area contributed by atoms with Gasteiger partial charge in [0.2, 0.25) is 10.0 Å². The van der Waals surface area contributed by atoms with Crippen LogP contribution in [-0.2, 0) is 10.0 Å². The Hall–Kier alpha value is -0.980. The predicted molar refractivity (Wildman–Crippen MR) is 67.2 cm³/mol. The molecule has 0 spiro atoms. The third-order valence-corrected chi connectivity index (χ3v) is 4.39. The number of benzene rings is 1. The van der Waals surface area contributed by atoms with E-state index in [1.165, 1.54) is 19.1 Å². The van der Waals surface area contributed by atoms with E-state index >= 15 is 0 Å². The molecule has 0 saturated carbocycles. The molecule has 0 aliphatic heterocycles. The van der Waals surface area contributed by atoms with Crippen molar-refractivity contribution in [2.24, 2.45) is 0 Å². The van der Waals surface area contributed by atoms with E-state index in [-0.39, 0.29) is 11.4 Å². The molecule has 4 nitrogen and oxygen atoms in total. The van der Waals surface area contributed by atoms with Gasteiger partial charge in [-0.05, 0) is 38.0 Å². The number of hydrogen-bond donors (Lipinski definition) is 2. The molecule has 0 aliphatic carbocycles. The highest BCUT2D eigenvalue weighted by atomic mass is 32.2. The maximum atomic E-state index is 13.1. The lowest BCUT2D eigenvalue weighted by Gasteiger charge is -2.21. The third kappa shape index (κ3) is 3.76.